The number of hydrogen-bond donors (Lipinski definition) is 0. The number of hydrogen-bond acceptors (Lipinski definition) is 2. The molecule has 0 unspecified atom stereocenters. The molecule has 3 aromatic rings. The molecule has 0 atom stereocenters. The summed E-state index contributed by atoms with van der Waals surface area (Å²) in [5.41, 5.74) is 0.785. The van der Waals surface area contributed by atoms with Crippen LogP contribution in [0.15, 0.2) is 78.9 Å². The van der Waals surface area contributed by atoms with Crippen molar-refractivity contribution in [2.75, 3.05) is 0 Å². The molecule has 0 bridgehead atoms. The fourth-order valence-electron chi connectivity index (χ4n) is 1.96. The zero-order valence-corrected chi connectivity index (χ0v) is 11.5. The van der Waals surface area contributed by atoms with Crippen LogP contribution in [0.25, 0.3) is 0 Å². The molecule has 0 aromatic heterocycles. The van der Waals surface area contributed by atoms with Gasteiger partial charge in [0.2, 0.25) is 0 Å². The summed E-state index contributed by atoms with van der Waals surface area (Å²) in [4.78, 5) is 0. The summed E-state index contributed by atoms with van der Waals surface area (Å²) in [6.45, 7) is 4.01. The van der Waals surface area contributed by atoms with Crippen LogP contribution >= 0.6 is 0 Å². The van der Waals surface area contributed by atoms with Gasteiger partial charge in [0.25, 0.3) is 0 Å². The van der Waals surface area contributed by atoms with Crippen molar-refractivity contribution in [2.45, 2.75) is 0 Å². The van der Waals surface area contributed by atoms with Gasteiger partial charge in [0.05, 0.1) is 0 Å². The predicted molar refractivity (Wildman–Crippen MR) is 83.9 cm³/mol. The molecule has 3 aromatic carbocycles. The lowest BCUT2D eigenvalue weighted by molar-refractivity contribution is 0.467. The van der Waals surface area contributed by atoms with Gasteiger partial charge >= 0.3 is 0 Å². The summed E-state index contributed by atoms with van der Waals surface area (Å²) < 4.78 is 11.6. The fraction of sp³-hybridized carbons (Fsp3) is 0. The summed E-state index contributed by atoms with van der Waals surface area (Å²) in [7, 11) is 0. The highest BCUT2D eigenvalue weighted by Gasteiger charge is 2.04. The first-order chi connectivity index (χ1) is 10.3. The maximum absolute atomic E-state index is 5.80. The van der Waals surface area contributed by atoms with Crippen molar-refractivity contribution in [3.05, 3.63) is 91.3 Å². The van der Waals surface area contributed by atoms with Crippen LogP contribution in [0.1, 0.15) is 5.56 Å². The molecule has 0 aliphatic carbocycles. The van der Waals surface area contributed by atoms with Crippen LogP contribution in [0, 0.1) is 6.92 Å². The minimum absolute atomic E-state index is 0.724. The lowest BCUT2D eigenvalue weighted by atomic mass is 10.2. The zero-order chi connectivity index (χ0) is 14.5. The van der Waals surface area contributed by atoms with Gasteiger partial charge in [0.1, 0.15) is 23.0 Å². The lowest BCUT2D eigenvalue weighted by Crippen LogP contribution is -1.89. The van der Waals surface area contributed by atoms with Gasteiger partial charge in [-0.3, -0.25) is 0 Å². The van der Waals surface area contributed by atoms with E-state index < -0.39 is 0 Å². The quantitative estimate of drug-likeness (QED) is 0.630. The maximum atomic E-state index is 5.80. The van der Waals surface area contributed by atoms with Gasteiger partial charge in [0, 0.05) is 0 Å². The third-order valence-corrected chi connectivity index (χ3v) is 2.98. The standard InChI is InChI=1S/C19H15O2/c1-15-14-18(20-16-8-4-2-5-9-16)12-13-19(15)21-17-10-6-3-7-11-17/h2-14H,1H2. The molecule has 0 aliphatic rings. The number of ether oxygens (including phenoxy) is 2. The molecule has 0 fully saturated rings. The Bertz CT molecular complexity index is 706. The first-order valence-corrected chi connectivity index (χ1v) is 6.73. The smallest absolute Gasteiger partial charge is 0.130 e. The number of benzene rings is 3. The van der Waals surface area contributed by atoms with Crippen molar-refractivity contribution in [3.8, 4) is 23.0 Å². The SMILES string of the molecule is [CH2]c1cc(Oc2ccccc2)ccc1Oc1ccccc1. The minimum atomic E-state index is 0.724. The van der Waals surface area contributed by atoms with Crippen LogP contribution in [-0.2, 0) is 0 Å². The molecule has 1 radical (unpaired) electrons. The van der Waals surface area contributed by atoms with Crippen molar-refractivity contribution >= 4 is 0 Å². The summed E-state index contributed by atoms with van der Waals surface area (Å²) in [6.07, 6.45) is 0. The molecule has 0 heterocycles. The Labute approximate surface area is 124 Å². The highest BCUT2D eigenvalue weighted by molar-refractivity contribution is 5.45. The average molecular weight is 275 g/mol. The van der Waals surface area contributed by atoms with E-state index in [0.29, 0.717) is 0 Å². The van der Waals surface area contributed by atoms with Gasteiger partial charge in [-0.2, -0.15) is 0 Å². The molecular weight excluding hydrogens is 260 g/mol. The minimum Gasteiger partial charge on any atom is -0.457 e. The second-order valence-corrected chi connectivity index (χ2v) is 4.60. The maximum Gasteiger partial charge on any atom is 0.130 e. The monoisotopic (exact) mass is 275 g/mol. The van der Waals surface area contributed by atoms with E-state index >= 15 is 0 Å². The van der Waals surface area contributed by atoms with Crippen molar-refractivity contribution in [1.29, 1.82) is 0 Å². The molecule has 2 nitrogen and oxygen atoms in total. The van der Waals surface area contributed by atoms with E-state index in [1.807, 2.05) is 78.9 Å². The van der Waals surface area contributed by atoms with Crippen LogP contribution in [0.4, 0.5) is 0 Å². The number of rotatable bonds is 4. The van der Waals surface area contributed by atoms with Crippen LogP contribution in [0.3, 0.4) is 0 Å². The van der Waals surface area contributed by atoms with E-state index in [-0.39, 0.29) is 0 Å². The summed E-state index contributed by atoms with van der Waals surface area (Å²) in [5, 5.41) is 0. The van der Waals surface area contributed by atoms with Crippen LogP contribution in [0.5, 0.6) is 23.0 Å². The topological polar surface area (TPSA) is 18.5 Å². The molecule has 0 aliphatic heterocycles. The molecule has 0 saturated carbocycles. The van der Waals surface area contributed by atoms with Gasteiger partial charge in [-0.05, 0) is 55.0 Å². The van der Waals surface area contributed by atoms with Crippen LogP contribution in [0.2, 0.25) is 0 Å². The Balaban J connectivity index is 1.77. The molecule has 103 valence electrons. The Kier molecular flexibility index (Phi) is 3.88. The molecule has 21 heavy (non-hydrogen) atoms. The third kappa shape index (κ3) is 3.42. The largest absolute Gasteiger partial charge is 0.457 e. The molecule has 0 spiro atoms. The van der Waals surface area contributed by atoms with Crippen molar-refractivity contribution in [3.63, 3.8) is 0 Å². The van der Waals surface area contributed by atoms with E-state index in [0.717, 1.165) is 28.6 Å². The summed E-state index contributed by atoms with van der Waals surface area (Å²) >= 11 is 0. The number of para-hydroxylation sites is 2. The van der Waals surface area contributed by atoms with Gasteiger partial charge in [-0.15, -0.1) is 0 Å². The van der Waals surface area contributed by atoms with Crippen molar-refractivity contribution < 1.29 is 9.47 Å². The van der Waals surface area contributed by atoms with Gasteiger partial charge in [-0.25, -0.2) is 0 Å². The molecule has 0 N–H and O–H groups in total. The van der Waals surface area contributed by atoms with E-state index in [9.17, 15) is 0 Å². The summed E-state index contributed by atoms with van der Waals surface area (Å²) in [6, 6.07) is 24.9. The van der Waals surface area contributed by atoms with E-state index in [1.165, 1.54) is 0 Å². The molecule has 0 saturated heterocycles. The second-order valence-electron chi connectivity index (χ2n) is 4.60. The Hall–Kier alpha value is -2.74. The summed E-state index contributed by atoms with van der Waals surface area (Å²) in [5.74, 6) is 3.06. The first-order valence-electron chi connectivity index (χ1n) is 6.73. The first kappa shape index (κ1) is 13.3. The normalized spacial score (nSPS) is 10.1. The Morgan fingerprint density at radius 2 is 1.14 bits per heavy atom. The molecule has 2 heteroatoms. The predicted octanol–water partition coefficient (Wildman–Crippen LogP) is 5.45. The molecular formula is C19H15O2. The average Bonchev–Trinajstić information content (AvgIpc) is 2.52. The molecule has 0 amide bonds. The third-order valence-electron chi connectivity index (χ3n) is 2.98. The molecule has 3 rings (SSSR count). The Morgan fingerprint density at radius 3 is 1.71 bits per heavy atom. The van der Waals surface area contributed by atoms with Gasteiger partial charge in [0.15, 0.2) is 0 Å². The van der Waals surface area contributed by atoms with E-state index in [1.54, 1.807) is 0 Å². The van der Waals surface area contributed by atoms with Crippen LogP contribution < -0.4 is 9.47 Å². The van der Waals surface area contributed by atoms with Crippen LogP contribution in [-0.4, -0.2) is 0 Å². The second kappa shape index (κ2) is 6.14. The Morgan fingerprint density at radius 1 is 0.571 bits per heavy atom. The van der Waals surface area contributed by atoms with E-state index in [4.69, 9.17) is 9.47 Å². The highest BCUT2D eigenvalue weighted by atomic mass is 16.5. The zero-order valence-electron chi connectivity index (χ0n) is 11.5. The van der Waals surface area contributed by atoms with Gasteiger partial charge < -0.3 is 9.47 Å². The van der Waals surface area contributed by atoms with Crippen molar-refractivity contribution in [1.82, 2.24) is 0 Å². The lowest BCUT2D eigenvalue weighted by Gasteiger charge is -2.11. The van der Waals surface area contributed by atoms with Crippen molar-refractivity contribution in [2.24, 2.45) is 0 Å². The van der Waals surface area contributed by atoms with E-state index in [2.05, 4.69) is 6.92 Å². The van der Waals surface area contributed by atoms with Gasteiger partial charge in [-0.1, -0.05) is 36.4 Å². The highest BCUT2D eigenvalue weighted by Crippen LogP contribution is 2.30. The fourth-order valence-corrected chi connectivity index (χ4v) is 1.96.